The second-order valence-electron chi connectivity index (χ2n) is 5.01. The Morgan fingerprint density at radius 2 is 1.95 bits per heavy atom. The Kier molecular flexibility index (Phi) is 2.94. The van der Waals surface area contributed by atoms with Crippen molar-refractivity contribution in [3.8, 4) is 0 Å². The zero-order valence-electron chi connectivity index (χ0n) is 11.5. The number of halogens is 1. The summed E-state index contributed by atoms with van der Waals surface area (Å²) in [5.41, 5.74) is 2.90. The molecule has 0 saturated heterocycles. The van der Waals surface area contributed by atoms with Gasteiger partial charge in [0.25, 0.3) is 5.56 Å². The number of pyridine rings is 1. The maximum atomic E-state index is 12.8. The van der Waals surface area contributed by atoms with Crippen LogP contribution in [0, 0.1) is 0 Å². The lowest BCUT2D eigenvalue weighted by Gasteiger charge is -2.13. The highest BCUT2D eigenvalue weighted by Crippen LogP contribution is 2.23. The number of aromatic nitrogens is 4. The predicted molar refractivity (Wildman–Crippen MR) is 85.3 cm³/mol. The molecule has 5 nitrogen and oxygen atoms in total. The number of fused-ring (bicyclic) bond motifs is 3. The van der Waals surface area contributed by atoms with Crippen molar-refractivity contribution in [2.24, 2.45) is 0 Å². The molecule has 0 amide bonds. The first-order valence-electron chi connectivity index (χ1n) is 6.78. The highest BCUT2D eigenvalue weighted by Gasteiger charge is 2.13. The van der Waals surface area contributed by atoms with Crippen molar-refractivity contribution in [1.29, 1.82) is 0 Å². The molecule has 6 heteroatoms. The van der Waals surface area contributed by atoms with E-state index in [4.69, 9.17) is 11.6 Å². The summed E-state index contributed by atoms with van der Waals surface area (Å²) in [6.45, 7) is 0.436. The molecule has 0 atom stereocenters. The molecule has 3 heterocycles. The topological polar surface area (TPSA) is 52.2 Å². The number of hydrogen-bond acceptors (Lipinski definition) is 3. The molecule has 0 unspecified atom stereocenters. The van der Waals surface area contributed by atoms with Gasteiger partial charge >= 0.3 is 0 Å². The number of hydrogen-bond donors (Lipinski definition) is 0. The zero-order chi connectivity index (χ0) is 15.1. The Morgan fingerprint density at radius 3 is 2.77 bits per heavy atom. The molecule has 0 aliphatic carbocycles. The van der Waals surface area contributed by atoms with Crippen LogP contribution in [-0.2, 0) is 6.54 Å². The zero-order valence-corrected chi connectivity index (χ0v) is 12.2. The van der Waals surface area contributed by atoms with Crippen molar-refractivity contribution < 1.29 is 0 Å². The molecule has 0 aliphatic rings. The van der Waals surface area contributed by atoms with Gasteiger partial charge in [-0.3, -0.25) is 14.2 Å². The monoisotopic (exact) mass is 310 g/mol. The normalized spacial score (nSPS) is 11.3. The summed E-state index contributed by atoms with van der Waals surface area (Å²) in [6, 6.07) is 9.33. The lowest BCUT2D eigenvalue weighted by molar-refractivity contribution is 0.789. The van der Waals surface area contributed by atoms with Gasteiger partial charge in [0.15, 0.2) is 0 Å². The lowest BCUT2D eigenvalue weighted by Crippen LogP contribution is -2.23. The van der Waals surface area contributed by atoms with Gasteiger partial charge in [-0.25, -0.2) is 4.98 Å². The van der Waals surface area contributed by atoms with Gasteiger partial charge in [0.1, 0.15) is 5.52 Å². The number of rotatable bonds is 2. The van der Waals surface area contributed by atoms with Crippen LogP contribution in [0.2, 0.25) is 5.02 Å². The minimum atomic E-state index is -0.101. The summed E-state index contributed by atoms with van der Waals surface area (Å²) in [5.74, 6) is 0. The molecule has 4 rings (SSSR count). The molecule has 0 bridgehead atoms. The standard InChI is InChI=1S/C16H11ClN4O/c17-12-4-1-5-13-15(12)21-10-19-8-14(21)16(22)20(13)9-11-3-2-6-18-7-11/h1-8,10H,9H2. The van der Waals surface area contributed by atoms with Crippen LogP contribution in [0.15, 0.2) is 60.0 Å². The van der Waals surface area contributed by atoms with Gasteiger partial charge in [0, 0.05) is 12.4 Å². The molecular formula is C16H11ClN4O. The summed E-state index contributed by atoms with van der Waals surface area (Å²) in [7, 11) is 0. The third-order valence-electron chi connectivity index (χ3n) is 3.66. The van der Waals surface area contributed by atoms with Crippen molar-refractivity contribution in [2.75, 3.05) is 0 Å². The molecule has 0 saturated carbocycles. The van der Waals surface area contributed by atoms with E-state index in [0.717, 1.165) is 16.6 Å². The summed E-state index contributed by atoms with van der Waals surface area (Å²) in [6.07, 6.45) is 6.63. The van der Waals surface area contributed by atoms with Gasteiger partial charge in [-0.1, -0.05) is 23.7 Å². The summed E-state index contributed by atoms with van der Waals surface area (Å²) < 4.78 is 3.44. The molecule has 0 aliphatic heterocycles. The van der Waals surface area contributed by atoms with Crippen molar-refractivity contribution in [3.05, 3.63) is 76.2 Å². The fourth-order valence-electron chi connectivity index (χ4n) is 2.67. The average Bonchev–Trinajstić information content (AvgIpc) is 3.02. The van der Waals surface area contributed by atoms with E-state index in [9.17, 15) is 4.79 Å². The lowest BCUT2D eigenvalue weighted by atomic mass is 10.2. The Bertz CT molecular complexity index is 1040. The molecule has 0 fully saturated rings. The number of para-hydroxylation sites is 1. The minimum absolute atomic E-state index is 0.101. The average molecular weight is 311 g/mol. The van der Waals surface area contributed by atoms with E-state index in [0.29, 0.717) is 17.1 Å². The van der Waals surface area contributed by atoms with Crippen molar-refractivity contribution in [1.82, 2.24) is 18.9 Å². The Balaban J connectivity index is 2.09. The van der Waals surface area contributed by atoms with Crippen LogP contribution in [0.1, 0.15) is 5.56 Å². The van der Waals surface area contributed by atoms with Crippen molar-refractivity contribution >= 4 is 28.2 Å². The summed E-state index contributed by atoms with van der Waals surface area (Å²) in [4.78, 5) is 20.9. The van der Waals surface area contributed by atoms with E-state index in [1.54, 1.807) is 33.9 Å². The van der Waals surface area contributed by atoms with Gasteiger partial charge in [-0.15, -0.1) is 0 Å². The van der Waals surface area contributed by atoms with Crippen LogP contribution in [0.4, 0.5) is 0 Å². The third-order valence-corrected chi connectivity index (χ3v) is 3.97. The molecule has 0 N–H and O–H groups in total. The van der Waals surface area contributed by atoms with E-state index in [2.05, 4.69) is 9.97 Å². The van der Waals surface area contributed by atoms with Gasteiger partial charge in [0.2, 0.25) is 0 Å². The number of benzene rings is 1. The third kappa shape index (κ3) is 1.90. The van der Waals surface area contributed by atoms with Crippen LogP contribution < -0.4 is 5.56 Å². The van der Waals surface area contributed by atoms with Crippen LogP contribution in [-0.4, -0.2) is 18.9 Å². The van der Waals surface area contributed by atoms with Gasteiger partial charge in [0.05, 0.1) is 35.1 Å². The molecule has 108 valence electrons. The van der Waals surface area contributed by atoms with Gasteiger partial charge < -0.3 is 4.57 Å². The van der Waals surface area contributed by atoms with Crippen LogP contribution in [0.3, 0.4) is 0 Å². The Labute approximate surface area is 130 Å². The molecule has 1 aromatic carbocycles. The SMILES string of the molecule is O=c1c2cncn2c2c(Cl)cccc2n1Cc1cccnc1. The first kappa shape index (κ1) is 13.0. The van der Waals surface area contributed by atoms with Crippen LogP contribution >= 0.6 is 11.6 Å². The fourth-order valence-corrected chi connectivity index (χ4v) is 2.93. The Hall–Kier alpha value is -2.66. The molecular weight excluding hydrogens is 300 g/mol. The molecule has 3 aromatic heterocycles. The predicted octanol–water partition coefficient (Wildman–Crippen LogP) is 2.75. The van der Waals surface area contributed by atoms with E-state index >= 15 is 0 Å². The minimum Gasteiger partial charge on any atom is -0.300 e. The number of nitrogens with zero attached hydrogens (tertiary/aromatic N) is 4. The Morgan fingerprint density at radius 1 is 1.05 bits per heavy atom. The second kappa shape index (κ2) is 4.96. The molecule has 4 aromatic rings. The quantitative estimate of drug-likeness (QED) is 0.572. The first-order valence-corrected chi connectivity index (χ1v) is 7.15. The first-order chi connectivity index (χ1) is 10.8. The van der Waals surface area contributed by atoms with E-state index in [-0.39, 0.29) is 5.56 Å². The van der Waals surface area contributed by atoms with Crippen LogP contribution in [0.25, 0.3) is 16.6 Å². The summed E-state index contributed by atoms with van der Waals surface area (Å²) in [5, 5.41) is 0.584. The van der Waals surface area contributed by atoms with E-state index in [1.807, 2.05) is 30.3 Å². The highest BCUT2D eigenvalue weighted by atomic mass is 35.5. The maximum Gasteiger partial charge on any atom is 0.277 e. The van der Waals surface area contributed by atoms with E-state index < -0.39 is 0 Å². The largest absolute Gasteiger partial charge is 0.300 e. The molecule has 22 heavy (non-hydrogen) atoms. The maximum absolute atomic E-state index is 12.8. The molecule has 0 spiro atoms. The van der Waals surface area contributed by atoms with Crippen molar-refractivity contribution in [3.63, 3.8) is 0 Å². The van der Waals surface area contributed by atoms with Crippen molar-refractivity contribution in [2.45, 2.75) is 6.54 Å². The smallest absolute Gasteiger partial charge is 0.277 e. The van der Waals surface area contributed by atoms with E-state index in [1.165, 1.54) is 0 Å². The van der Waals surface area contributed by atoms with Crippen LogP contribution in [0.5, 0.6) is 0 Å². The second-order valence-corrected chi connectivity index (χ2v) is 5.42. The van der Waals surface area contributed by atoms with Gasteiger partial charge in [-0.05, 0) is 23.8 Å². The molecule has 0 radical (unpaired) electrons. The van der Waals surface area contributed by atoms with Gasteiger partial charge in [-0.2, -0.15) is 0 Å². The highest BCUT2D eigenvalue weighted by molar-refractivity contribution is 6.35. The fraction of sp³-hybridized carbons (Fsp3) is 0.0625. The number of imidazole rings is 1. The summed E-state index contributed by atoms with van der Waals surface area (Å²) >= 11 is 6.34.